The summed E-state index contributed by atoms with van der Waals surface area (Å²) in [5, 5.41) is 12.4. The van der Waals surface area contributed by atoms with E-state index in [0.29, 0.717) is 5.92 Å². The van der Waals surface area contributed by atoms with Crippen LogP contribution in [-0.4, -0.2) is 32.8 Å². The summed E-state index contributed by atoms with van der Waals surface area (Å²) in [7, 11) is 2.12. The van der Waals surface area contributed by atoms with Crippen molar-refractivity contribution in [2.24, 2.45) is 0 Å². The molecule has 0 amide bonds. The largest absolute Gasteiger partial charge is 0.490 e. The van der Waals surface area contributed by atoms with Gasteiger partial charge in [-0.15, -0.1) is 10.2 Å². The van der Waals surface area contributed by atoms with Gasteiger partial charge in [0, 0.05) is 22.9 Å². The summed E-state index contributed by atoms with van der Waals surface area (Å²) in [6.45, 7) is 1.63. The average molecular weight is 459 g/mol. The van der Waals surface area contributed by atoms with E-state index in [1.807, 2.05) is 6.07 Å². The van der Waals surface area contributed by atoms with Crippen LogP contribution in [0.4, 0.5) is 0 Å². The van der Waals surface area contributed by atoms with Crippen LogP contribution in [0.1, 0.15) is 48.8 Å². The summed E-state index contributed by atoms with van der Waals surface area (Å²) in [5.74, 6) is 3.45. The van der Waals surface area contributed by atoms with Gasteiger partial charge in [0.05, 0.1) is 18.3 Å². The topological polar surface area (TPSA) is 43.2 Å². The third-order valence-electron chi connectivity index (χ3n) is 6.97. The first-order valence-electron chi connectivity index (χ1n) is 11.7. The predicted octanol–water partition coefficient (Wildman–Crippen LogP) is 6.12. The van der Waals surface area contributed by atoms with Gasteiger partial charge >= 0.3 is 0 Å². The van der Waals surface area contributed by atoms with Gasteiger partial charge in [0.2, 0.25) is 0 Å². The number of hydrogen-bond acceptors (Lipinski definition) is 4. The zero-order valence-electron chi connectivity index (χ0n) is 18.7. The molecular weight excluding hydrogens is 432 g/mol. The van der Waals surface area contributed by atoms with E-state index in [1.165, 1.54) is 16.3 Å². The van der Waals surface area contributed by atoms with Crippen molar-refractivity contribution in [3.05, 3.63) is 82.9 Å². The highest BCUT2D eigenvalue weighted by molar-refractivity contribution is 6.30. The van der Waals surface area contributed by atoms with Crippen LogP contribution in [0.3, 0.4) is 0 Å². The fraction of sp³-hybridized carbons (Fsp3) is 0.333. The van der Waals surface area contributed by atoms with Gasteiger partial charge in [0.25, 0.3) is 0 Å². The summed E-state index contributed by atoms with van der Waals surface area (Å²) in [5.41, 5.74) is 2.38. The second kappa shape index (κ2) is 8.47. The van der Waals surface area contributed by atoms with E-state index in [2.05, 4.69) is 81.3 Å². The highest BCUT2D eigenvalue weighted by Crippen LogP contribution is 2.37. The number of fused-ring (bicyclic) bond motifs is 4. The molecule has 3 aromatic carbocycles. The molecule has 2 aliphatic rings. The molecule has 6 rings (SSSR count). The Kier molecular flexibility index (Phi) is 5.31. The summed E-state index contributed by atoms with van der Waals surface area (Å²) >= 11 is 6.31. The van der Waals surface area contributed by atoms with Crippen LogP contribution in [-0.2, 0) is 13.1 Å². The Morgan fingerprint density at radius 1 is 0.909 bits per heavy atom. The molecule has 6 heteroatoms. The van der Waals surface area contributed by atoms with Crippen molar-refractivity contribution in [1.82, 2.24) is 19.7 Å². The molecule has 4 aromatic rings. The van der Waals surface area contributed by atoms with Crippen molar-refractivity contribution in [1.29, 1.82) is 0 Å². The predicted molar refractivity (Wildman–Crippen MR) is 131 cm³/mol. The Morgan fingerprint density at radius 2 is 1.73 bits per heavy atom. The van der Waals surface area contributed by atoms with Crippen molar-refractivity contribution in [3.8, 4) is 11.4 Å². The Morgan fingerprint density at radius 3 is 2.61 bits per heavy atom. The fourth-order valence-corrected chi connectivity index (χ4v) is 5.56. The third-order valence-corrected chi connectivity index (χ3v) is 7.21. The Bertz CT molecular complexity index is 1300. The monoisotopic (exact) mass is 458 g/mol. The number of halogens is 1. The van der Waals surface area contributed by atoms with Crippen LogP contribution in [0.25, 0.3) is 16.5 Å². The normalized spacial score (nSPS) is 20.8. The quantitative estimate of drug-likeness (QED) is 0.370. The summed E-state index contributed by atoms with van der Waals surface area (Å²) in [4.78, 5) is 2.27. The first-order chi connectivity index (χ1) is 16.2. The molecule has 0 bridgehead atoms. The number of aromatic nitrogens is 3. The summed E-state index contributed by atoms with van der Waals surface area (Å²) in [6, 6.07) is 20.9. The summed E-state index contributed by atoms with van der Waals surface area (Å²) in [6.07, 6.45) is 4.36. The molecule has 0 N–H and O–H groups in total. The highest BCUT2D eigenvalue weighted by Gasteiger charge is 2.30. The van der Waals surface area contributed by atoms with Crippen LogP contribution < -0.4 is 4.74 Å². The van der Waals surface area contributed by atoms with Crippen molar-refractivity contribution >= 4 is 22.4 Å². The Balaban J connectivity index is 1.23. The second-order valence-corrected chi connectivity index (χ2v) is 9.76. The lowest BCUT2D eigenvalue weighted by atomic mass is 9.86. The molecule has 5 nitrogen and oxygen atoms in total. The Labute approximate surface area is 199 Å². The standard InChI is InChI=1S/C27H27ClN4O/c1-31-16-20-15-21(28)11-14-24(20)32-26(17-31)29-30-27(32)19-9-12-22(13-10-19)33-25-8-4-6-18-5-2-3-7-23(18)25/h2-8,11,14-15,19,22H,9-10,12-13,16-17H2,1H3/t19-,22-. The van der Waals surface area contributed by atoms with Crippen molar-refractivity contribution < 1.29 is 4.74 Å². The van der Waals surface area contributed by atoms with Crippen LogP contribution >= 0.6 is 11.6 Å². The minimum absolute atomic E-state index is 0.232. The molecular formula is C27H27ClN4O. The number of ether oxygens (including phenoxy) is 1. The number of rotatable bonds is 3. The third kappa shape index (κ3) is 3.90. The minimum Gasteiger partial charge on any atom is -0.490 e. The van der Waals surface area contributed by atoms with Crippen molar-refractivity contribution in [3.63, 3.8) is 0 Å². The van der Waals surface area contributed by atoms with E-state index in [0.717, 1.165) is 66.9 Å². The Hall–Kier alpha value is -2.89. The smallest absolute Gasteiger partial charge is 0.151 e. The fourth-order valence-electron chi connectivity index (χ4n) is 5.36. The van der Waals surface area contributed by atoms with Gasteiger partial charge in [0.15, 0.2) is 5.82 Å². The van der Waals surface area contributed by atoms with Crippen LogP contribution in [0.2, 0.25) is 5.02 Å². The van der Waals surface area contributed by atoms with E-state index in [1.54, 1.807) is 0 Å². The molecule has 33 heavy (non-hydrogen) atoms. The zero-order valence-corrected chi connectivity index (χ0v) is 19.5. The molecule has 1 aromatic heterocycles. The minimum atomic E-state index is 0.232. The lowest BCUT2D eigenvalue weighted by Gasteiger charge is -2.29. The molecule has 0 saturated heterocycles. The first-order valence-corrected chi connectivity index (χ1v) is 12.1. The molecule has 0 unspecified atom stereocenters. The maximum Gasteiger partial charge on any atom is 0.151 e. The maximum absolute atomic E-state index is 6.49. The number of hydrogen-bond donors (Lipinski definition) is 0. The molecule has 0 radical (unpaired) electrons. The van der Waals surface area contributed by atoms with Gasteiger partial charge in [-0.3, -0.25) is 9.47 Å². The van der Waals surface area contributed by atoms with Crippen LogP contribution in [0.5, 0.6) is 5.75 Å². The molecule has 0 spiro atoms. The lowest BCUT2D eigenvalue weighted by molar-refractivity contribution is 0.146. The number of benzene rings is 3. The summed E-state index contributed by atoms with van der Waals surface area (Å²) < 4.78 is 8.77. The SMILES string of the molecule is CN1Cc2cc(Cl)ccc2-n2c(nnc2[C@H]2CC[C@H](Oc3cccc4ccccc34)CC2)C1. The molecule has 1 aliphatic heterocycles. The number of nitrogens with zero attached hydrogens (tertiary/aromatic N) is 4. The van der Waals surface area contributed by atoms with E-state index in [9.17, 15) is 0 Å². The van der Waals surface area contributed by atoms with Gasteiger partial charge < -0.3 is 4.74 Å². The van der Waals surface area contributed by atoms with Crippen LogP contribution in [0, 0.1) is 0 Å². The zero-order chi connectivity index (χ0) is 22.4. The molecule has 0 atom stereocenters. The van der Waals surface area contributed by atoms with Crippen LogP contribution in [0.15, 0.2) is 60.7 Å². The molecule has 1 saturated carbocycles. The highest BCUT2D eigenvalue weighted by atomic mass is 35.5. The van der Waals surface area contributed by atoms with Crippen molar-refractivity contribution in [2.45, 2.75) is 50.8 Å². The second-order valence-electron chi connectivity index (χ2n) is 9.32. The lowest BCUT2D eigenvalue weighted by Crippen LogP contribution is -2.25. The molecule has 1 fully saturated rings. The molecule has 1 aliphatic carbocycles. The molecule has 2 heterocycles. The molecule has 168 valence electrons. The average Bonchev–Trinajstić information content (AvgIpc) is 3.17. The van der Waals surface area contributed by atoms with E-state index in [4.69, 9.17) is 16.3 Å². The van der Waals surface area contributed by atoms with E-state index in [-0.39, 0.29) is 6.10 Å². The van der Waals surface area contributed by atoms with Gasteiger partial charge in [-0.05, 0) is 67.9 Å². The van der Waals surface area contributed by atoms with Gasteiger partial charge in [0.1, 0.15) is 11.6 Å². The van der Waals surface area contributed by atoms with Crippen molar-refractivity contribution in [2.75, 3.05) is 7.05 Å². The first kappa shape index (κ1) is 20.7. The van der Waals surface area contributed by atoms with Gasteiger partial charge in [-0.1, -0.05) is 48.0 Å². The van der Waals surface area contributed by atoms with E-state index >= 15 is 0 Å². The van der Waals surface area contributed by atoms with E-state index < -0.39 is 0 Å². The van der Waals surface area contributed by atoms with Gasteiger partial charge in [-0.2, -0.15) is 0 Å². The maximum atomic E-state index is 6.49. The van der Waals surface area contributed by atoms with Gasteiger partial charge in [-0.25, -0.2) is 0 Å².